The van der Waals surface area contributed by atoms with E-state index in [1.165, 1.54) is 6.07 Å². The summed E-state index contributed by atoms with van der Waals surface area (Å²) < 4.78 is 27.0. The van der Waals surface area contributed by atoms with Gasteiger partial charge >= 0.3 is 0 Å². The maximum absolute atomic E-state index is 12.2. The van der Waals surface area contributed by atoms with Crippen molar-refractivity contribution >= 4 is 10.0 Å². The Morgan fingerprint density at radius 3 is 2.56 bits per heavy atom. The molecular formula is C13H19NO3S. The SMILES string of the molecule is CC(O)c1cccc(S(=O)(=O)NC(C)C2CC2)c1. The molecule has 2 atom stereocenters. The molecule has 1 aliphatic carbocycles. The van der Waals surface area contributed by atoms with Crippen molar-refractivity contribution in [2.45, 2.75) is 43.7 Å². The van der Waals surface area contributed by atoms with E-state index < -0.39 is 16.1 Å². The number of aliphatic hydroxyl groups is 1. The fraction of sp³-hybridized carbons (Fsp3) is 0.538. The van der Waals surface area contributed by atoms with Gasteiger partial charge in [0.2, 0.25) is 10.0 Å². The number of rotatable bonds is 5. The Bertz CT molecular complexity index is 521. The van der Waals surface area contributed by atoms with Crippen molar-refractivity contribution in [3.63, 3.8) is 0 Å². The first kappa shape index (κ1) is 13.5. The summed E-state index contributed by atoms with van der Waals surface area (Å²) in [5, 5.41) is 9.48. The smallest absolute Gasteiger partial charge is 0.240 e. The van der Waals surface area contributed by atoms with Gasteiger partial charge in [-0.3, -0.25) is 0 Å². The molecule has 0 aliphatic heterocycles. The zero-order valence-electron chi connectivity index (χ0n) is 10.6. The molecule has 0 spiro atoms. The standard InChI is InChI=1S/C13H19NO3S/c1-9(11-6-7-11)14-18(16,17)13-5-3-4-12(8-13)10(2)15/h3-5,8-11,14-15H,6-7H2,1-2H3. The molecule has 100 valence electrons. The molecule has 1 fully saturated rings. The molecule has 2 unspecified atom stereocenters. The number of nitrogens with one attached hydrogen (secondary N) is 1. The van der Waals surface area contributed by atoms with E-state index in [1.807, 2.05) is 6.92 Å². The summed E-state index contributed by atoms with van der Waals surface area (Å²) in [6.45, 7) is 3.51. The minimum Gasteiger partial charge on any atom is -0.389 e. The quantitative estimate of drug-likeness (QED) is 0.857. The highest BCUT2D eigenvalue weighted by Gasteiger charge is 2.31. The summed E-state index contributed by atoms with van der Waals surface area (Å²) in [5.74, 6) is 0.472. The van der Waals surface area contributed by atoms with E-state index in [-0.39, 0.29) is 10.9 Å². The lowest BCUT2D eigenvalue weighted by atomic mass is 10.1. The average molecular weight is 269 g/mol. The van der Waals surface area contributed by atoms with Crippen LogP contribution in [0.3, 0.4) is 0 Å². The summed E-state index contributed by atoms with van der Waals surface area (Å²) in [4.78, 5) is 0.216. The van der Waals surface area contributed by atoms with Gasteiger partial charge in [0.25, 0.3) is 0 Å². The second-order valence-corrected chi connectivity index (χ2v) is 6.71. The monoisotopic (exact) mass is 269 g/mol. The largest absolute Gasteiger partial charge is 0.389 e. The third kappa shape index (κ3) is 3.10. The highest BCUT2D eigenvalue weighted by atomic mass is 32.2. The van der Waals surface area contributed by atoms with Gasteiger partial charge in [-0.1, -0.05) is 12.1 Å². The minimum atomic E-state index is -3.48. The lowest BCUT2D eigenvalue weighted by Crippen LogP contribution is -2.34. The molecule has 1 aromatic carbocycles. The third-order valence-electron chi connectivity index (χ3n) is 3.32. The maximum Gasteiger partial charge on any atom is 0.240 e. The first-order valence-corrected chi connectivity index (χ1v) is 7.69. The Labute approximate surface area is 108 Å². The van der Waals surface area contributed by atoms with Crippen LogP contribution in [0, 0.1) is 5.92 Å². The van der Waals surface area contributed by atoms with Gasteiger partial charge in [-0.2, -0.15) is 0 Å². The Kier molecular flexibility index (Phi) is 3.75. The molecule has 0 amide bonds. The Morgan fingerprint density at radius 2 is 2.00 bits per heavy atom. The second kappa shape index (κ2) is 4.99. The van der Waals surface area contributed by atoms with Gasteiger partial charge in [0.05, 0.1) is 11.0 Å². The van der Waals surface area contributed by atoms with E-state index in [1.54, 1.807) is 25.1 Å². The first-order chi connectivity index (χ1) is 8.40. The van der Waals surface area contributed by atoms with E-state index in [9.17, 15) is 13.5 Å². The van der Waals surface area contributed by atoms with Crippen molar-refractivity contribution in [2.24, 2.45) is 5.92 Å². The molecule has 0 radical (unpaired) electrons. The molecule has 0 heterocycles. The molecule has 1 aliphatic rings. The predicted molar refractivity (Wildman–Crippen MR) is 69.6 cm³/mol. The predicted octanol–water partition coefficient (Wildman–Crippen LogP) is 1.82. The molecule has 2 N–H and O–H groups in total. The van der Waals surface area contributed by atoms with Crippen LogP contribution in [0.4, 0.5) is 0 Å². The van der Waals surface area contributed by atoms with Crippen LogP contribution in [0.5, 0.6) is 0 Å². The number of sulfonamides is 1. The first-order valence-electron chi connectivity index (χ1n) is 6.20. The van der Waals surface area contributed by atoms with Crippen LogP contribution < -0.4 is 4.72 Å². The van der Waals surface area contributed by atoms with Gasteiger partial charge in [-0.15, -0.1) is 0 Å². The zero-order valence-corrected chi connectivity index (χ0v) is 11.4. The summed E-state index contributed by atoms with van der Waals surface area (Å²) in [5.41, 5.74) is 0.608. The van der Waals surface area contributed by atoms with Crippen molar-refractivity contribution in [3.8, 4) is 0 Å². The Balaban J connectivity index is 2.20. The summed E-state index contributed by atoms with van der Waals surface area (Å²) >= 11 is 0. The molecule has 18 heavy (non-hydrogen) atoms. The van der Waals surface area contributed by atoms with Crippen LogP contribution in [0.2, 0.25) is 0 Å². The summed E-state index contributed by atoms with van der Waals surface area (Å²) in [6.07, 6.45) is 1.52. The molecule has 1 saturated carbocycles. The van der Waals surface area contributed by atoms with Gasteiger partial charge in [0.1, 0.15) is 0 Å². The van der Waals surface area contributed by atoms with Crippen molar-refractivity contribution in [1.29, 1.82) is 0 Å². The van der Waals surface area contributed by atoms with E-state index in [0.717, 1.165) is 12.8 Å². The highest BCUT2D eigenvalue weighted by Crippen LogP contribution is 2.33. The highest BCUT2D eigenvalue weighted by molar-refractivity contribution is 7.89. The molecule has 0 aromatic heterocycles. The average Bonchev–Trinajstić information content (AvgIpc) is 3.12. The minimum absolute atomic E-state index is 0.0230. The van der Waals surface area contributed by atoms with Crippen LogP contribution in [0.1, 0.15) is 38.4 Å². The van der Waals surface area contributed by atoms with Crippen LogP contribution >= 0.6 is 0 Å². The maximum atomic E-state index is 12.2. The fourth-order valence-corrected chi connectivity index (χ4v) is 3.31. The Morgan fingerprint density at radius 1 is 1.33 bits per heavy atom. The molecular weight excluding hydrogens is 250 g/mol. The van der Waals surface area contributed by atoms with E-state index >= 15 is 0 Å². The van der Waals surface area contributed by atoms with Gasteiger partial charge in [-0.05, 0) is 50.3 Å². The van der Waals surface area contributed by atoms with Gasteiger partial charge < -0.3 is 5.11 Å². The van der Waals surface area contributed by atoms with Crippen molar-refractivity contribution in [3.05, 3.63) is 29.8 Å². The molecule has 2 rings (SSSR count). The van der Waals surface area contributed by atoms with Gasteiger partial charge in [-0.25, -0.2) is 13.1 Å². The molecule has 5 heteroatoms. The lowest BCUT2D eigenvalue weighted by Gasteiger charge is -2.14. The van der Waals surface area contributed by atoms with Gasteiger partial charge in [0.15, 0.2) is 0 Å². The molecule has 1 aromatic rings. The van der Waals surface area contributed by atoms with E-state index in [2.05, 4.69) is 4.72 Å². The number of benzene rings is 1. The van der Waals surface area contributed by atoms with Gasteiger partial charge in [0, 0.05) is 6.04 Å². The van der Waals surface area contributed by atoms with Crippen LogP contribution in [-0.2, 0) is 10.0 Å². The number of hydrogen-bond donors (Lipinski definition) is 2. The van der Waals surface area contributed by atoms with E-state index in [4.69, 9.17) is 0 Å². The summed E-state index contributed by atoms with van der Waals surface area (Å²) in [7, 11) is -3.48. The summed E-state index contributed by atoms with van der Waals surface area (Å²) in [6, 6.07) is 6.41. The fourth-order valence-electron chi connectivity index (χ4n) is 1.95. The molecule has 0 saturated heterocycles. The van der Waals surface area contributed by atoms with Crippen molar-refractivity contribution < 1.29 is 13.5 Å². The number of hydrogen-bond acceptors (Lipinski definition) is 3. The third-order valence-corrected chi connectivity index (χ3v) is 4.88. The van der Waals surface area contributed by atoms with E-state index in [0.29, 0.717) is 11.5 Å². The molecule has 4 nitrogen and oxygen atoms in total. The topological polar surface area (TPSA) is 66.4 Å². The normalized spacial score (nSPS) is 19.5. The van der Waals surface area contributed by atoms with Crippen LogP contribution in [0.15, 0.2) is 29.2 Å². The van der Waals surface area contributed by atoms with Crippen LogP contribution in [0.25, 0.3) is 0 Å². The van der Waals surface area contributed by atoms with Crippen molar-refractivity contribution in [2.75, 3.05) is 0 Å². The molecule has 0 bridgehead atoms. The second-order valence-electron chi connectivity index (χ2n) is 5.00. The van der Waals surface area contributed by atoms with Crippen molar-refractivity contribution in [1.82, 2.24) is 4.72 Å². The zero-order chi connectivity index (χ0) is 13.3. The number of aliphatic hydroxyl groups excluding tert-OH is 1. The Hall–Kier alpha value is -0.910. The van der Waals surface area contributed by atoms with Crippen LogP contribution in [-0.4, -0.2) is 19.6 Å². The lowest BCUT2D eigenvalue weighted by molar-refractivity contribution is 0.199.